The van der Waals surface area contributed by atoms with Gasteiger partial charge in [-0.25, -0.2) is 4.39 Å². The maximum absolute atomic E-state index is 14.4. The fourth-order valence-electron chi connectivity index (χ4n) is 3.82. The highest BCUT2D eigenvalue weighted by atomic mass is 19.1. The first-order valence-corrected chi connectivity index (χ1v) is 9.67. The Bertz CT molecular complexity index is 1230. The number of piperazine rings is 1. The van der Waals surface area contributed by atoms with E-state index in [2.05, 4.69) is 9.97 Å². The molecule has 0 saturated carbocycles. The van der Waals surface area contributed by atoms with Crippen molar-refractivity contribution in [2.24, 2.45) is 0 Å². The van der Waals surface area contributed by atoms with Crippen molar-refractivity contribution in [2.45, 2.75) is 13.0 Å². The lowest BCUT2D eigenvalue weighted by molar-refractivity contribution is -0.130. The zero-order valence-electron chi connectivity index (χ0n) is 16.6. The van der Waals surface area contributed by atoms with E-state index in [1.807, 2.05) is 6.07 Å². The predicted molar refractivity (Wildman–Crippen MR) is 109 cm³/mol. The van der Waals surface area contributed by atoms with Crippen molar-refractivity contribution in [3.05, 3.63) is 65.4 Å². The fraction of sp³-hybridized carbons (Fsp3) is 0.227. The average molecular weight is 419 g/mol. The maximum atomic E-state index is 14.4. The number of benzene rings is 1. The number of nitrogens with one attached hydrogen (secondary N) is 1. The minimum absolute atomic E-state index is 0.0750. The highest BCUT2D eigenvalue weighted by Gasteiger charge is 2.35. The van der Waals surface area contributed by atoms with Crippen LogP contribution in [0.15, 0.2) is 42.7 Å². The standard InChI is InChI=1S/C22H18FN5O3/c1-13-12-27(21(30)17-4-2-3-7-25-17)8-9-28(13)22(31)20(29)15-11-26-19-14(10-24)5-6-16(23)18(15)19/h2-7,11,13,26H,8-9,12H2,1H3/t13-/m1/s1. The van der Waals surface area contributed by atoms with Crippen molar-refractivity contribution in [1.82, 2.24) is 19.8 Å². The number of H-pyrrole nitrogens is 1. The molecule has 2 amide bonds. The number of aromatic amines is 1. The van der Waals surface area contributed by atoms with Crippen molar-refractivity contribution in [3.63, 3.8) is 0 Å². The minimum Gasteiger partial charge on any atom is -0.359 e. The van der Waals surface area contributed by atoms with Gasteiger partial charge in [0.1, 0.15) is 17.6 Å². The number of amides is 2. The lowest BCUT2D eigenvalue weighted by Crippen LogP contribution is -2.56. The van der Waals surface area contributed by atoms with Gasteiger partial charge < -0.3 is 14.8 Å². The zero-order valence-corrected chi connectivity index (χ0v) is 16.6. The Balaban J connectivity index is 1.53. The van der Waals surface area contributed by atoms with Crippen molar-refractivity contribution in [1.29, 1.82) is 5.26 Å². The predicted octanol–water partition coefficient (Wildman–Crippen LogP) is 2.13. The van der Waals surface area contributed by atoms with E-state index in [0.29, 0.717) is 5.69 Å². The lowest BCUT2D eigenvalue weighted by Gasteiger charge is -2.39. The number of hydrogen-bond donors (Lipinski definition) is 1. The third-order valence-corrected chi connectivity index (χ3v) is 5.40. The topological polar surface area (TPSA) is 110 Å². The van der Waals surface area contributed by atoms with Crippen LogP contribution in [0, 0.1) is 17.1 Å². The molecule has 4 rings (SSSR count). The number of carbonyl (C=O) groups excluding carboxylic acids is 3. The SMILES string of the molecule is C[C@@H]1CN(C(=O)c2ccccn2)CCN1C(=O)C(=O)c1c[nH]c2c(C#N)ccc(F)c12. The Kier molecular flexibility index (Phi) is 5.21. The summed E-state index contributed by atoms with van der Waals surface area (Å²) >= 11 is 0. The molecule has 1 aliphatic rings. The second-order valence-electron chi connectivity index (χ2n) is 7.30. The van der Waals surface area contributed by atoms with E-state index in [1.54, 1.807) is 30.0 Å². The summed E-state index contributed by atoms with van der Waals surface area (Å²) in [6, 6.07) is 8.98. The Morgan fingerprint density at radius 3 is 2.71 bits per heavy atom. The molecule has 0 aliphatic carbocycles. The van der Waals surface area contributed by atoms with Crippen LogP contribution in [0.3, 0.4) is 0 Å². The third-order valence-electron chi connectivity index (χ3n) is 5.40. The van der Waals surface area contributed by atoms with Gasteiger partial charge in [0.25, 0.3) is 17.6 Å². The van der Waals surface area contributed by atoms with E-state index in [-0.39, 0.29) is 47.6 Å². The number of Topliss-reactive ketones (excluding diaryl/α,β-unsaturated/α-hetero) is 1. The molecule has 1 N–H and O–H groups in total. The number of nitriles is 1. The second kappa shape index (κ2) is 7.99. The maximum Gasteiger partial charge on any atom is 0.295 e. The molecule has 0 bridgehead atoms. The molecule has 0 radical (unpaired) electrons. The Hall–Kier alpha value is -4.06. The van der Waals surface area contributed by atoms with Gasteiger partial charge in [-0.3, -0.25) is 19.4 Å². The van der Waals surface area contributed by atoms with E-state index in [4.69, 9.17) is 0 Å². The van der Waals surface area contributed by atoms with Crippen LogP contribution in [0.25, 0.3) is 10.9 Å². The summed E-state index contributed by atoms with van der Waals surface area (Å²) in [5.41, 5.74) is 0.553. The second-order valence-corrected chi connectivity index (χ2v) is 7.30. The molecule has 31 heavy (non-hydrogen) atoms. The molecule has 1 saturated heterocycles. The molecule has 1 atom stereocenters. The van der Waals surface area contributed by atoms with Crippen LogP contribution < -0.4 is 0 Å². The first kappa shape index (κ1) is 20.2. The van der Waals surface area contributed by atoms with Crippen molar-refractivity contribution in [3.8, 4) is 6.07 Å². The molecule has 0 unspecified atom stereocenters. The van der Waals surface area contributed by atoms with Gasteiger partial charge in [-0.15, -0.1) is 0 Å². The van der Waals surface area contributed by atoms with E-state index in [9.17, 15) is 24.0 Å². The van der Waals surface area contributed by atoms with Gasteiger partial charge in [-0.1, -0.05) is 6.07 Å². The van der Waals surface area contributed by atoms with Crippen LogP contribution in [-0.4, -0.2) is 63.0 Å². The summed E-state index contributed by atoms with van der Waals surface area (Å²) in [5.74, 6) is -2.57. The minimum atomic E-state index is -0.864. The van der Waals surface area contributed by atoms with Crippen LogP contribution in [0.5, 0.6) is 0 Å². The van der Waals surface area contributed by atoms with Gasteiger partial charge >= 0.3 is 0 Å². The normalized spacial score (nSPS) is 16.2. The number of nitrogens with zero attached hydrogens (tertiary/aromatic N) is 4. The lowest BCUT2D eigenvalue weighted by atomic mass is 10.0. The monoisotopic (exact) mass is 419 g/mol. The zero-order chi connectivity index (χ0) is 22.1. The average Bonchev–Trinajstić information content (AvgIpc) is 3.24. The quantitative estimate of drug-likeness (QED) is 0.517. The van der Waals surface area contributed by atoms with Gasteiger partial charge in [0, 0.05) is 43.5 Å². The number of fused-ring (bicyclic) bond motifs is 1. The van der Waals surface area contributed by atoms with Crippen LogP contribution in [0.4, 0.5) is 4.39 Å². The van der Waals surface area contributed by atoms with Crippen LogP contribution in [0.1, 0.15) is 33.3 Å². The van der Waals surface area contributed by atoms with Crippen molar-refractivity contribution in [2.75, 3.05) is 19.6 Å². The number of aromatic nitrogens is 2. The van der Waals surface area contributed by atoms with E-state index in [1.165, 1.54) is 23.4 Å². The molecule has 1 aliphatic heterocycles. The van der Waals surface area contributed by atoms with Gasteiger partial charge in [0.15, 0.2) is 0 Å². The molecule has 3 heterocycles. The summed E-state index contributed by atoms with van der Waals surface area (Å²) in [5, 5.41) is 9.11. The smallest absolute Gasteiger partial charge is 0.295 e. The Labute approximate surface area is 176 Å². The molecule has 3 aromatic rings. The molecule has 156 valence electrons. The summed E-state index contributed by atoms with van der Waals surface area (Å²) in [6.07, 6.45) is 2.79. The first-order chi connectivity index (χ1) is 14.9. The van der Waals surface area contributed by atoms with E-state index < -0.39 is 23.5 Å². The number of halogens is 1. The number of pyridine rings is 1. The number of rotatable bonds is 3. The summed E-state index contributed by atoms with van der Waals surface area (Å²) in [4.78, 5) is 48.2. The molecule has 8 nitrogen and oxygen atoms in total. The summed E-state index contributed by atoms with van der Waals surface area (Å²) in [7, 11) is 0. The number of hydrogen-bond acceptors (Lipinski definition) is 5. The largest absolute Gasteiger partial charge is 0.359 e. The van der Waals surface area contributed by atoms with Gasteiger partial charge in [-0.05, 0) is 31.2 Å². The van der Waals surface area contributed by atoms with Gasteiger partial charge in [0.2, 0.25) is 0 Å². The van der Waals surface area contributed by atoms with E-state index in [0.717, 1.165) is 6.07 Å². The molecular weight excluding hydrogens is 401 g/mol. The highest BCUT2D eigenvalue weighted by Crippen LogP contribution is 2.26. The Morgan fingerprint density at radius 1 is 1.23 bits per heavy atom. The van der Waals surface area contributed by atoms with Gasteiger partial charge in [-0.2, -0.15) is 5.26 Å². The molecule has 1 fully saturated rings. The molecule has 2 aromatic heterocycles. The molecular formula is C22H18FN5O3. The molecule has 1 aromatic carbocycles. The molecule has 0 spiro atoms. The highest BCUT2D eigenvalue weighted by molar-refractivity contribution is 6.45. The van der Waals surface area contributed by atoms with Crippen LogP contribution in [0.2, 0.25) is 0 Å². The van der Waals surface area contributed by atoms with Crippen molar-refractivity contribution < 1.29 is 18.8 Å². The summed E-state index contributed by atoms with van der Waals surface area (Å²) in [6.45, 7) is 2.40. The first-order valence-electron chi connectivity index (χ1n) is 9.67. The van der Waals surface area contributed by atoms with E-state index >= 15 is 0 Å². The Morgan fingerprint density at radius 2 is 2.03 bits per heavy atom. The number of ketones is 1. The van der Waals surface area contributed by atoms with Gasteiger partial charge in [0.05, 0.1) is 16.6 Å². The summed E-state index contributed by atoms with van der Waals surface area (Å²) < 4.78 is 14.4. The number of carbonyl (C=O) groups is 3. The van der Waals surface area contributed by atoms with Crippen LogP contribution >= 0.6 is 0 Å². The van der Waals surface area contributed by atoms with Crippen LogP contribution in [-0.2, 0) is 4.79 Å². The third kappa shape index (κ3) is 3.53. The fourth-order valence-corrected chi connectivity index (χ4v) is 3.82. The molecule has 9 heteroatoms. The van der Waals surface area contributed by atoms with Crippen molar-refractivity contribution >= 4 is 28.5 Å².